The van der Waals surface area contributed by atoms with Gasteiger partial charge < -0.3 is 10.5 Å². The highest BCUT2D eigenvalue weighted by Gasteiger charge is 2.14. The van der Waals surface area contributed by atoms with E-state index in [0.717, 1.165) is 21.3 Å². The number of benzene rings is 2. The molecule has 0 aliphatic heterocycles. The molecule has 0 heterocycles. The number of para-hydroxylation sites is 1. The lowest BCUT2D eigenvalue weighted by atomic mass is 9.99. The predicted octanol–water partition coefficient (Wildman–Crippen LogP) is 4.28. The smallest absolute Gasteiger partial charge is 0.124 e. The zero-order valence-corrected chi connectivity index (χ0v) is 12.7. The zero-order valence-electron chi connectivity index (χ0n) is 11.1. The topological polar surface area (TPSA) is 35.2 Å². The Hall–Kier alpha value is -1.32. The molecule has 2 aromatic carbocycles. The monoisotopic (exact) mass is 319 g/mol. The van der Waals surface area contributed by atoms with E-state index in [9.17, 15) is 0 Å². The second-order valence-corrected chi connectivity index (χ2v) is 5.65. The number of halogens is 1. The Kier molecular flexibility index (Phi) is 4.61. The molecule has 0 radical (unpaired) electrons. The van der Waals surface area contributed by atoms with E-state index in [1.54, 1.807) is 0 Å². The number of nitrogens with two attached hydrogens (primary N) is 1. The molecule has 0 saturated carbocycles. The van der Waals surface area contributed by atoms with Gasteiger partial charge in [0.15, 0.2) is 0 Å². The summed E-state index contributed by atoms with van der Waals surface area (Å²) in [5.74, 6) is 0.852. The Morgan fingerprint density at radius 3 is 2.47 bits per heavy atom. The van der Waals surface area contributed by atoms with Crippen LogP contribution in [-0.2, 0) is 0 Å². The van der Waals surface area contributed by atoms with Gasteiger partial charge in [-0.2, -0.15) is 0 Å². The second-order valence-electron chi connectivity index (χ2n) is 4.74. The van der Waals surface area contributed by atoms with Crippen LogP contribution in [0.1, 0.15) is 31.0 Å². The van der Waals surface area contributed by atoms with Gasteiger partial charge in [0.05, 0.1) is 12.1 Å². The van der Waals surface area contributed by atoms with E-state index < -0.39 is 0 Å². The first-order valence-corrected chi connectivity index (χ1v) is 7.14. The summed E-state index contributed by atoms with van der Waals surface area (Å²) in [6.07, 6.45) is 0.135. The van der Waals surface area contributed by atoms with Crippen LogP contribution < -0.4 is 10.5 Å². The number of hydrogen-bond donors (Lipinski definition) is 1. The minimum absolute atomic E-state index is 0.135. The van der Waals surface area contributed by atoms with Crippen LogP contribution in [0.2, 0.25) is 0 Å². The van der Waals surface area contributed by atoms with E-state index in [-0.39, 0.29) is 12.1 Å². The fourth-order valence-corrected chi connectivity index (χ4v) is 2.40. The van der Waals surface area contributed by atoms with Gasteiger partial charge in [0, 0.05) is 10.0 Å². The van der Waals surface area contributed by atoms with E-state index in [1.165, 1.54) is 0 Å². The highest BCUT2D eigenvalue weighted by molar-refractivity contribution is 9.10. The third-order valence-corrected chi connectivity index (χ3v) is 3.32. The first-order valence-electron chi connectivity index (χ1n) is 6.34. The molecule has 3 heteroatoms. The molecule has 2 aromatic rings. The van der Waals surface area contributed by atoms with Gasteiger partial charge >= 0.3 is 0 Å². The normalized spacial score (nSPS) is 12.5. The Morgan fingerprint density at radius 2 is 1.79 bits per heavy atom. The van der Waals surface area contributed by atoms with Crippen LogP contribution in [0, 0.1) is 0 Å². The number of rotatable bonds is 4. The lowest BCUT2D eigenvalue weighted by molar-refractivity contribution is 0.239. The van der Waals surface area contributed by atoms with Crippen molar-refractivity contribution in [1.29, 1.82) is 0 Å². The maximum absolute atomic E-state index is 6.36. The van der Waals surface area contributed by atoms with E-state index in [2.05, 4.69) is 15.9 Å². The molecule has 1 atom stereocenters. The zero-order chi connectivity index (χ0) is 13.8. The van der Waals surface area contributed by atoms with Crippen molar-refractivity contribution in [3.8, 4) is 5.75 Å². The minimum Gasteiger partial charge on any atom is -0.491 e. The van der Waals surface area contributed by atoms with Crippen LogP contribution in [0.4, 0.5) is 0 Å². The first kappa shape index (κ1) is 14.1. The van der Waals surface area contributed by atoms with Gasteiger partial charge in [-0.25, -0.2) is 0 Å². The molecule has 0 saturated heterocycles. The summed E-state index contributed by atoms with van der Waals surface area (Å²) in [5, 5.41) is 0. The van der Waals surface area contributed by atoms with Crippen molar-refractivity contribution in [3.05, 3.63) is 64.1 Å². The molecule has 0 aromatic heterocycles. The summed E-state index contributed by atoms with van der Waals surface area (Å²) in [6, 6.07) is 15.8. The van der Waals surface area contributed by atoms with Crippen molar-refractivity contribution in [2.24, 2.45) is 5.73 Å². The molecule has 2 nitrogen and oxygen atoms in total. The summed E-state index contributed by atoms with van der Waals surface area (Å²) < 4.78 is 6.86. The van der Waals surface area contributed by atoms with E-state index in [4.69, 9.17) is 10.5 Å². The maximum Gasteiger partial charge on any atom is 0.124 e. The second kappa shape index (κ2) is 6.22. The van der Waals surface area contributed by atoms with Crippen LogP contribution in [0.3, 0.4) is 0 Å². The van der Waals surface area contributed by atoms with Gasteiger partial charge in [0.2, 0.25) is 0 Å². The van der Waals surface area contributed by atoms with Gasteiger partial charge in [-0.3, -0.25) is 0 Å². The molecule has 1 unspecified atom stereocenters. The van der Waals surface area contributed by atoms with Crippen LogP contribution in [0.25, 0.3) is 0 Å². The fraction of sp³-hybridized carbons (Fsp3) is 0.250. The van der Waals surface area contributed by atoms with E-state index >= 15 is 0 Å². The third-order valence-electron chi connectivity index (χ3n) is 2.82. The summed E-state index contributed by atoms with van der Waals surface area (Å²) in [6.45, 7) is 4.03. The molecule has 0 spiro atoms. The average molecular weight is 320 g/mol. The highest BCUT2D eigenvalue weighted by atomic mass is 79.9. The minimum atomic E-state index is -0.188. The van der Waals surface area contributed by atoms with Crippen molar-refractivity contribution in [2.75, 3.05) is 0 Å². The molecule has 0 fully saturated rings. The van der Waals surface area contributed by atoms with Gasteiger partial charge in [-0.15, -0.1) is 0 Å². The number of ether oxygens (including phenoxy) is 1. The van der Waals surface area contributed by atoms with Crippen molar-refractivity contribution >= 4 is 15.9 Å². The van der Waals surface area contributed by atoms with Gasteiger partial charge in [-0.05, 0) is 37.6 Å². The third kappa shape index (κ3) is 3.58. The largest absolute Gasteiger partial charge is 0.491 e. The van der Waals surface area contributed by atoms with Crippen LogP contribution >= 0.6 is 15.9 Å². The van der Waals surface area contributed by atoms with Gasteiger partial charge in [0.1, 0.15) is 5.75 Å². The van der Waals surface area contributed by atoms with E-state index in [1.807, 2.05) is 62.4 Å². The fourth-order valence-electron chi connectivity index (χ4n) is 1.98. The van der Waals surface area contributed by atoms with Crippen molar-refractivity contribution in [2.45, 2.75) is 26.0 Å². The van der Waals surface area contributed by atoms with E-state index in [0.29, 0.717) is 0 Å². The lowest BCUT2D eigenvalue weighted by Gasteiger charge is -2.19. The molecule has 2 rings (SSSR count). The molecule has 0 aliphatic rings. The van der Waals surface area contributed by atoms with Crippen molar-refractivity contribution in [1.82, 2.24) is 0 Å². The Balaban J connectivity index is 2.35. The molecule has 19 heavy (non-hydrogen) atoms. The molecule has 100 valence electrons. The van der Waals surface area contributed by atoms with Gasteiger partial charge in [-0.1, -0.05) is 46.3 Å². The maximum atomic E-state index is 6.36. The quantitative estimate of drug-likeness (QED) is 0.912. The van der Waals surface area contributed by atoms with Crippen LogP contribution in [-0.4, -0.2) is 6.10 Å². The molecule has 0 aliphatic carbocycles. The Labute approximate surface area is 122 Å². The van der Waals surface area contributed by atoms with Crippen molar-refractivity contribution in [3.63, 3.8) is 0 Å². The Morgan fingerprint density at radius 1 is 1.05 bits per heavy atom. The SMILES string of the molecule is CC(C)Oc1ccccc1C(N)c1cccc(Br)c1. The first-order chi connectivity index (χ1) is 9.08. The van der Waals surface area contributed by atoms with Crippen molar-refractivity contribution < 1.29 is 4.74 Å². The molecule has 2 N–H and O–H groups in total. The van der Waals surface area contributed by atoms with Crippen LogP contribution in [0.15, 0.2) is 53.0 Å². The summed E-state index contributed by atoms with van der Waals surface area (Å²) in [5.41, 5.74) is 8.43. The molecular formula is C16H18BrNO. The van der Waals surface area contributed by atoms with Crippen LogP contribution in [0.5, 0.6) is 5.75 Å². The predicted molar refractivity (Wildman–Crippen MR) is 82.4 cm³/mol. The summed E-state index contributed by atoms with van der Waals surface area (Å²) in [7, 11) is 0. The Bertz CT molecular complexity index is 554. The van der Waals surface area contributed by atoms with Gasteiger partial charge in [0.25, 0.3) is 0 Å². The standard InChI is InChI=1S/C16H18BrNO/c1-11(2)19-15-9-4-3-8-14(15)16(18)12-6-5-7-13(17)10-12/h3-11,16H,18H2,1-2H3. The summed E-state index contributed by atoms with van der Waals surface area (Å²) >= 11 is 3.48. The molecule has 0 bridgehead atoms. The average Bonchev–Trinajstić information content (AvgIpc) is 2.38. The molecule has 0 amide bonds. The highest BCUT2D eigenvalue weighted by Crippen LogP contribution is 2.29. The lowest BCUT2D eigenvalue weighted by Crippen LogP contribution is -2.15. The number of hydrogen-bond acceptors (Lipinski definition) is 2. The summed E-state index contributed by atoms with van der Waals surface area (Å²) in [4.78, 5) is 0. The molecular weight excluding hydrogens is 302 g/mol.